The second kappa shape index (κ2) is 15.3. The van der Waals surface area contributed by atoms with Crippen molar-refractivity contribution < 1.29 is 0 Å². The van der Waals surface area contributed by atoms with E-state index < -0.39 is 0 Å². The minimum Gasteiger partial charge on any atom is -0.310 e. The molecule has 12 rings (SSSR count). The molecule has 8 aromatic rings. The van der Waals surface area contributed by atoms with Gasteiger partial charge >= 0.3 is 0 Å². The highest BCUT2D eigenvalue weighted by molar-refractivity contribution is 6.25. The molecule has 0 aromatic heterocycles. The molecule has 0 heterocycles. The lowest BCUT2D eigenvalue weighted by Crippen LogP contribution is -2.13. The van der Waals surface area contributed by atoms with E-state index in [2.05, 4.69) is 188 Å². The molecule has 0 fully saturated rings. The first kappa shape index (κ1) is 41.6. The Morgan fingerprint density at radius 1 is 0.318 bits per heavy atom. The van der Waals surface area contributed by atoms with Gasteiger partial charge in [-0.05, 0) is 263 Å². The smallest absolute Gasteiger partial charge is 0.0546 e. The second-order valence-electron chi connectivity index (χ2n) is 21.9. The number of rotatable bonds is 6. The van der Waals surface area contributed by atoms with Crippen LogP contribution in [0.4, 0.5) is 34.1 Å². The van der Waals surface area contributed by atoms with Crippen molar-refractivity contribution >= 4 is 66.4 Å². The molecule has 6 unspecified atom stereocenters. The third-order valence-corrected chi connectivity index (χ3v) is 17.5. The lowest BCUT2D eigenvalue weighted by molar-refractivity contribution is 0.661. The van der Waals surface area contributed by atoms with Crippen LogP contribution in [-0.2, 0) is 12.8 Å². The fraction of sp³-hybridized carbons (Fsp3) is 0.344. The monoisotopic (exact) mass is 863 g/mol. The predicted molar refractivity (Wildman–Crippen MR) is 284 cm³/mol. The maximum Gasteiger partial charge on any atom is 0.0546 e. The average molecular weight is 863 g/mol. The van der Waals surface area contributed by atoms with Gasteiger partial charge in [-0.3, -0.25) is 0 Å². The SMILES string of the molecule is Cc1cc2c(N(c3ccc4c(c3)C(C)CC4)c3ccc4c(c3)C(C)CC4C)cc3c4cc(C)c(C)cc4c(N(c4ccc5c(c4)C(C)CC5)c4ccc5c(c4)C(C)CC5C)cc3c2cc1C. The minimum atomic E-state index is 0.540. The van der Waals surface area contributed by atoms with Gasteiger partial charge < -0.3 is 9.80 Å². The summed E-state index contributed by atoms with van der Waals surface area (Å²) in [5, 5.41) is 7.84. The van der Waals surface area contributed by atoms with Gasteiger partial charge in [-0.25, -0.2) is 0 Å². The van der Waals surface area contributed by atoms with Crippen LogP contribution in [0, 0.1) is 27.7 Å². The van der Waals surface area contributed by atoms with Crippen LogP contribution in [0.15, 0.2) is 109 Å². The van der Waals surface area contributed by atoms with Gasteiger partial charge in [0.15, 0.2) is 0 Å². The zero-order valence-corrected chi connectivity index (χ0v) is 41.0. The Balaban J connectivity index is 1.18. The van der Waals surface area contributed by atoms with E-state index in [1.165, 1.54) is 172 Å². The van der Waals surface area contributed by atoms with Crippen LogP contribution in [0.3, 0.4) is 0 Å². The van der Waals surface area contributed by atoms with Crippen molar-refractivity contribution in [1.29, 1.82) is 0 Å². The molecule has 0 aliphatic heterocycles. The van der Waals surface area contributed by atoms with Crippen LogP contribution in [0.2, 0.25) is 0 Å². The average Bonchev–Trinajstić information content (AvgIpc) is 4.03. The van der Waals surface area contributed by atoms with E-state index >= 15 is 0 Å². The summed E-state index contributed by atoms with van der Waals surface area (Å²) in [5.74, 6) is 3.37. The van der Waals surface area contributed by atoms with Gasteiger partial charge in [0.25, 0.3) is 0 Å². The van der Waals surface area contributed by atoms with Crippen LogP contribution in [0.5, 0.6) is 0 Å². The van der Waals surface area contributed by atoms with Crippen LogP contribution in [0.1, 0.15) is 169 Å². The lowest BCUT2D eigenvalue weighted by atomic mass is 9.89. The Morgan fingerprint density at radius 3 is 1.03 bits per heavy atom. The van der Waals surface area contributed by atoms with E-state index in [0.717, 1.165) is 0 Å². The number of nitrogens with zero attached hydrogens (tertiary/aromatic N) is 2. The number of fused-ring (bicyclic) bond motifs is 9. The lowest BCUT2D eigenvalue weighted by Gasteiger charge is -2.31. The van der Waals surface area contributed by atoms with E-state index in [-0.39, 0.29) is 0 Å². The summed E-state index contributed by atoms with van der Waals surface area (Å²) in [6.45, 7) is 23.7. The summed E-state index contributed by atoms with van der Waals surface area (Å²) in [5.41, 5.74) is 24.9. The van der Waals surface area contributed by atoms with Gasteiger partial charge in [0, 0.05) is 33.5 Å². The Hall–Kier alpha value is -5.86. The first-order chi connectivity index (χ1) is 31.8. The summed E-state index contributed by atoms with van der Waals surface area (Å²) >= 11 is 0. The Kier molecular flexibility index (Phi) is 9.66. The number of hydrogen-bond donors (Lipinski definition) is 0. The third-order valence-electron chi connectivity index (χ3n) is 17.5. The molecule has 2 nitrogen and oxygen atoms in total. The van der Waals surface area contributed by atoms with Crippen molar-refractivity contribution in [3.63, 3.8) is 0 Å². The van der Waals surface area contributed by atoms with E-state index in [0.29, 0.717) is 35.5 Å². The molecule has 0 radical (unpaired) electrons. The first-order valence-electron chi connectivity index (χ1n) is 25.4. The molecule has 8 aromatic carbocycles. The van der Waals surface area contributed by atoms with Gasteiger partial charge in [0.2, 0.25) is 0 Å². The van der Waals surface area contributed by atoms with Gasteiger partial charge in [0.05, 0.1) is 11.4 Å². The molecule has 0 N–H and O–H groups in total. The van der Waals surface area contributed by atoms with Gasteiger partial charge in [-0.15, -0.1) is 0 Å². The second-order valence-corrected chi connectivity index (χ2v) is 21.9. The number of benzene rings is 8. The fourth-order valence-electron chi connectivity index (χ4n) is 13.3. The van der Waals surface area contributed by atoms with E-state index in [9.17, 15) is 0 Å². The molecular weight excluding hydrogens is 797 g/mol. The van der Waals surface area contributed by atoms with Gasteiger partial charge in [-0.1, -0.05) is 77.9 Å². The standard InChI is InChI=1S/C64H66N2/c1-35-11-13-45-15-17-47(29-53(35)45)65(49-19-21-51-41(7)23-43(9)55(51)31-49)63-33-59-58-26-38(4)40(6)28-62(58)64(34-60(59)57-25-37(3)39(5)27-61(57)63)66(48-18-16-46-14-12-36(2)54(46)30-48)50-20-22-52-42(8)24-44(10)56(52)32-50/h15-22,25-36,41-44H,11-14,23-24H2,1-10H3. The molecular formula is C64H66N2. The molecule has 0 saturated carbocycles. The maximum absolute atomic E-state index is 2.63. The van der Waals surface area contributed by atoms with Crippen molar-refractivity contribution in [3.8, 4) is 0 Å². The number of hydrogen-bond acceptors (Lipinski definition) is 2. The zero-order chi connectivity index (χ0) is 45.4. The largest absolute Gasteiger partial charge is 0.310 e. The molecule has 6 atom stereocenters. The van der Waals surface area contributed by atoms with Crippen molar-refractivity contribution in [1.82, 2.24) is 0 Å². The molecule has 0 amide bonds. The summed E-state index contributed by atoms with van der Waals surface area (Å²) in [6, 6.07) is 44.7. The Bertz CT molecular complexity index is 3110. The first-order valence-corrected chi connectivity index (χ1v) is 25.4. The molecule has 0 bridgehead atoms. The van der Waals surface area contributed by atoms with E-state index in [1.807, 2.05) is 0 Å². The summed E-state index contributed by atoms with van der Waals surface area (Å²) < 4.78 is 0. The quantitative estimate of drug-likeness (QED) is 0.154. The summed E-state index contributed by atoms with van der Waals surface area (Å²) in [7, 11) is 0. The van der Waals surface area contributed by atoms with Crippen molar-refractivity contribution in [3.05, 3.63) is 176 Å². The molecule has 0 spiro atoms. The molecule has 0 saturated heterocycles. The van der Waals surface area contributed by atoms with E-state index in [4.69, 9.17) is 0 Å². The Morgan fingerprint density at radius 2 is 0.636 bits per heavy atom. The normalized spacial score (nSPS) is 21.7. The molecule has 2 heteroatoms. The molecule has 4 aliphatic rings. The topological polar surface area (TPSA) is 6.48 Å². The highest BCUT2D eigenvalue weighted by atomic mass is 15.2. The van der Waals surface area contributed by atoms with Crippen LogP contribution in [0.25, 0.3) is 32.3 Å². The molecule has 332 valence electrons. The maximum atomic E-state index is 2.63. The zero-order valence-electron chi connectivity index (χ0n) is 41.0. The summed E-state index contributed by atoms with van der Waals surface area (Å²) in [6.07, 6.45) is 7.21. The number of anilines is 6. The van der Waals surface area contributed by atoms with Gasteiger partial charge in [-0.2, -0.15) is 0 Å². The van der Waals surface area contributed by atoms with Crippen LogP contribution < -0.4 is 9.80 Å². The van der Waals surface area contributed by atoms with Crippen molar-refractivity contribution in [2.75, 3.05) is 9.80 Å². The van der Waals surface area contributed by atoms with Crippen molar-refractivity contribution in [2.45, 2.75) is 143 Å². The minimum absolute atomic E-state index is 0.540. The predicted octanol–water partition coefficient (Wildman–Crippen LogP) is 18.6. The highest BCUT2D eigenvalue weighted by Gasteiger charge is 2.31. The van der Waals surface area contributed by atoms with Crippen molar-refractivity contribution in [2.24, 2.45) is 0 Å². The van der Waals surface area contributed by atoms with Crippen LogP contribution >= 0.6 is 0 Å². The fourth-order valence-corrected chi connectivity index (χ4v) is 13.3. The van der Waals surface area contributed by atoms with Gasteiger partial charge in [0.1, 0.15) is 0 Å². The number of aryl methyl sites for hydroxylation is 6. The molecule has 66 heavy (non-hydrogen) atoms. The summed E-state index contributed by atoms with van der Waals surface area (Å²) in [4.78, 5) is 5.26. The third kappa shape index (κ3) is 6.41. The highest BCUT2D eigenvalue weighted by Crippen LogP contribution is 2.52. The molecule has 4 aliphatic carbocycles. The van der Waals surface area contributed by atoms with Crippen LogP contribution in [-0.4, -0.2) is 0 Å². The Labute approximate surface area is 393 Å². The van der Waals surface area contributed by atoms with E-state index in [1.54, 1.807) is 0 Å².